The molecular weight excluding hydrogens is 487 g/mol. The van der Waals surface area contributed by atoms with Crippen LogP contribution in [0.4, 0.5) is 10.5 Å². The lowest BCUT2D eigenvalue weighted by atomic mass is 10.1. The fourth-order valence-corrected chi connectivity index (χ4v) is 3.64. The smallest absolute Gasteiger partial charge is 0.335 e. The number of nitrogens with one attached hydrogen (secondary N) is 1. The van der Waals surface area contributed by atoms with E-state index >= 15 is 0 Å². The van der Waals surface area contributed by atoms with E-state index in [1.54, 1.807) is 30.3 Å². The van der Waals surface area contributed by atoms with Crippen molar-refractivity contribution in [1.82, 2.24) is 5.32 Å². The van der Waals surface area contributed by atoms with E-state index in [1.807, 2.05) is 18.2 Å². The van der Waals surface area contributed by atoms with E-state index < -0.39 is 17.8 Å². The molecule has 3 aromatic carbocycles. The number of benzene rings is 3. The van der Waals surface area contributed by atoms with Gasteiger partial charge in [-0.25, -0.2) is 9.69 Å². The second-order valence-electron chi connectivity index (χ2n) is 7.01. The van der Waals surface area contributed by atoms with Crippen LogP contribution >= 0.6 is 34.8 Å². The van der Waals surface area contributed by atoms with Gasteiger partial charge in [0.15, 0.2) is 0 Å². The highest BCUT2D eigenvalue weighted by Gasteiger charge is 2.37. The number of nitrogens with zero attached hydrogens (tertiary/aromatic N) is 1. The van der Waals surface area contributed by atoms with Gasteiger partial charge in [-0.2, -0.15) is 0 Å². The van der Waals surface area contributed by atoms with Crippen molar-refractivity contribution in [1.29, 1.82) is 0 Å². The van der Waals surface area contributed by atoms with E-state index in [-0.39, 0.29) is 27.9 Å². The predicted molar refractivity (Wildman–Crippen MR) is 128 cm³/mol. The summed E-state index contributed by atoms with van der Waals surface area (Å²) in [5, 5.41) is 3.19. The Morgan fingerprint density at radius 3 is 2.39 bits per heavy atom. The number of hydrogen-bond donors (Lipinski definition) is 1. The summed E-state index contributed by atoms with van der Waals surface area (Å²) in [7, 11) is 0. The van der Waals surface area contributed by atoms with Gasteiger partial charge in [-0.15, -0.1) is 0 Å². The molecule has 0 saturated carbocycles. The number of carbonyl (C=O) groups is 3. The Kier molecular flexibility index (Phi) is 6.70. The van der Waals surface area contributed by atoms with E-state index in [0.717, 1.165) is 10.5 Å². The first kappa shape index (κ1) is 22.9. The summed E-state index contributed by atoms with van der Waals surface area (Å²) in [6.07, 6.45) is 1.39. The molecule has 1 fully saturated rings. The quantitative estimate of drug-likeness (QED) is 0.349. The van der Waals surface area contributed by atoms with Crippen LogP contribution in [0.25, 0.3) is 6.08 Å². The Hall–Kier alpha value is -3.32. The summed E-state index contributed by atoms with van der Waals surface area (Å²) in [6, 6.07) is 17.6. The van der Waals surface area contributed by atoms with Crippen molar-refractivity contribution in [3.63, 3.8) is 0 Å². The maximum atomic E-state index is 13.0. The third-order valence-electron chi connectivity index (χ3n) is 4.78. The number of ether oxygens (including phenoxy) is 1. The lowest BCUT2D eigenvalue weighted by Crippen LogP contribution is -2.54. The lowest BCUT2D eigenvalue weighted by Gasteiger charge is -2.26. The molecule has 0 atom stereocenters. The van der Waals surface area contributed by atoms with Crippen LogP contribution in [-0.4, -0.2) is 17.8 Å². The number of hydrogen-bond acceptors (Lipinski definition) is 4. The van der Waals surface area contributed by atoms with Crippen molar-refractivity contribution in [2.75, 3.05) is 4.90 Å². The predicted octanol–water partition coefficient (Wildman–Crippen LogP) is 5.89. The molecular formula is C24H15Cl3N2O4. The summed E-state index contributed by atoms with van der Waals surface area (Å²) < 4.78 is 5.80. The van der Waals surface area contributed by atoms with Crippen LogP contribution < -0.4 is 15.0 Å². The fourth-order valence-electron chi connectivity index (χ4n) is 3.15. The maximum absolute atomic E-state index is 13.0. The average Bonchev–Trinajstić information content (AvgIpc) is 2.78. The number of anilines is 1. The van der Waals surface area contributed by atoms with Crippen LogP contribution in [0.3, 0.4) is 0 Å². The van der Waals surface area contributed by atoms with Crippen LogP contribution in [0.1, 0.15) is 11.1 Å². The van der Waals surface area contributed by atoms with Gasteiger partial charge in [0.2, 0.25) is 0 Å². The van der Waals surface area contributed by atoms with Gasteiger partial charge in [0.25, 0.3) is 11.8 Å². The fraction of sp³-hybridized carbons (Fsp3) is 0.0417. The molecule has 0 spiro atoms. The molecule has 0 unspecified atom stereocenters. The number of amides is 4. The van der Waals surface area contributed by atoms with Crippen molar-refractivity contribution in [3.05, 3.63) is 98.5 Å². The zero-order chi connectivity index (χ0) is 23.5. The van der Waals surface area contributed by atoms with Crippen LogP contribution in [0, 0.1) is 0 Å². The minimum absolute atomic E-state index is 0.167. The molecule has 0 radical (unpaired) electrons. The van der Waals surface area contributed by atoms with E-state index in [2.05, 4.69) is 5.32 Å². The molecule has 1 heterocycles. The van der Waals surface area contributed by atoms with E-state index in [1.165, 1.54) is 24.3 Å². The molecule has 9 heteroatoms. The first-order chi connectivity index (χ1) is 15.8. The summed E-state index contributed by atoms with van der Waals surface area (Å²) in [6.45, 7) is 0.249. The minimum Gasteiger partial charge on any atom is -0.489 e. The SMILES string of the molecule is O=C1NC(=O)N(c2ccc(Cl)c(Cl)c2)C(=O)/C1=C\c1cccc(OCc2ccccc2Cl)c1. The van der Waals surface area contributed by atoms with E-state index in [9.17, 15) is 14.4 Å². The largest absolute Gasteiger partial charge is 0.489 e. The zero-order valence-corrected chi connectivity index (χ0v) is 19.1. The number of barbiturate groups is 1. The molecule has 0 aromatic heterocycles. The Morgan fingerprint density at radius 2 is 1.64 bits per heavy atom. The Labute approximate surface area is 204 Å². The lowest BCUT2D eigenvalue weighted by molar-refractivity contribution is -0.122. The summed E-state index contributed by atoms with van der Waals surface area (Å²) in [5.41, 5.74) is 1.32. The Bertz CT molecular complexity index is 1310. The van der Waals surface area contributed by atoms with E-state index in [4.69, 9.17) is 39.5 Å². The van der Waals surface area contributed by atoms with Crippen molar-refractivity contribution < 1.29 is 19.1 Å². The first-order valence-electron chi connectivity index (χ1n) is 9.66. The van der Waals surface area contributed by atoms with Gasteiger partial charge < -0.3 is 4.74 Å². The van der Waals surface area contributed by atoms with Crippen LogP contribution in [-0.2, 0) is 16.2 Å². The van der Waals surface area contributed by atoms with Gasteiger partial charge in [-0.1, -0.05) is 65.1 Å². The zero-order valence-electron chi connectivity index (χ0n) is 16.8. The van der Waals surface area contributed by atoms with Gasteiger partial charge in [-0.3, -0.25) is 14.9 Å². The molecule has 4 amide bonds. The highest BCUT2D eigenvalue weighted by molar-refractivity contribution is 6.43. The Morgan fingerprint density at radius 1 is 0.848 bits per heavy atom. The van der Waals surface area contributed by atoms with Gasteiger partial charge in [0.05, 0.1) is 15.7 Å². The molecule has 6 nitrogen and oxygen atoms in total. The van der Waals surface area contributed by atoms with Gasteiger partial charge in [0.1, 0.15) is 17.9 Å². The maximum Gasteiger partial charge on any atom is 0.335 e. The second-order valence-corrected chi connectivity index (χ2v) is 8.23. The van der Waals surface area contributed by atoms with Gasteiger partial charge in [-0.05, 0) is 48.0 Å². The standard InChI is InChI=1S/C24H15Cl3N2O4/c25-19-7-2-1-5-15(19)13-33-17-6-3-4-14(10-17)11-18-22(30)28-24(32)29(23(18)31)16-8-9-20(26)21(27)12-16/h1-12H,13H2,(H,28,30,32)/b18-11-. The molecule has 1 saturated heterocycles. The summed E-state index contributed by atoms with van der Waals surface area (Å²) in [4.78, 5) is 38.6. The highest BCUT2D eigenvalue weighted by atomic mass is 35.5. The molecule has 166 valence electrons. The monoisotopic (exact) mass is 500 g/mol. The average molecular weight is 502 g/mol. The normalized spacial score (nSPS) is 15.1. The van der Waals surface area contributed by atoms with Crippen molar-refractivity contribution in [2.24, 2.45) is 0 Å². The number of imide groups is 2. The molecule has 0 bridgehead atoms. The van der Waals surface area contributed by atoms with Gasteiger partial charge >= 0.3 is 6.03 Å². The van der Waals surface area contributed by atoms with Crippen LogP contribution in [0.15, 0.2) is 72.3 Å². The number of rotatable bonds is 5. The molecule has 3 aromatic rings. The van der Waals surface area contributed by atoms with Crippen LogP contribution in [0.5, 0.6) is 5.75 Å². The highest BCUT2D eigenvalue weighted by Crippen LogP contribution is 2.29. The first-order valence-corrected chi connectivity index (χ1v) is 10.8. The minimum atomic E-state index is -0.877. The van der Waals surface area contributed by atoms with Crippen molar-refractivity contribution in [3.8, 4) is 5.75 Å². The third-order valence-corrected chi connectivity index (χ3v) is 5.89. The molecule has 33 heavy (non-hydrogen) atoms. The van der Waals surface area contributed by atoms with Crippen LogP contribution in [0.2, 0.25) is 15.1 Å². The van der Waals surface area contributed by atoms with E-state index in [0.29, 0.717) is 16.3 Å². The number of urea groups is 1. The number of carbonyl (C=O) groups excluding carboxylic acids is 3. The molecule has 4 rings (SSSR count). The van der Waals surface area contributed by atoms with Crippen molar-refractivity contribution >= 4 is 64.4 Å². The number of halogens is 3. The van der Waals surface area contributed by atoms with Crippen molar-refractivity contribution in [2.45, 2.75) is 6.61 Å². The summed E-state index contributed by atoms with van der Waals surface area (Å²) >= 11 is 18.1. The molecule has 1 aliphatic heterocycles. The Balaban J connectivity index is 1.59. The second kappa shape index (κ2) is 9.67. The topological polar surface area (TPSA) is 75.7 Å². The van der Waals surface area contributed by atoms with Gasteiger partial charge in [0, 0.05) is 10.6 Å². The molecule has 1 N–H and O–H groups in total. The molecule has 0 aliphatic carbocycles. The molecule has 1 aliphatic rings. The summed E-state index contributed by atoms with van der Waals surface area (Å²) in [5.74, 6) is -1.07. The third kappa shape index (κ3) is 5.03.